The Hall–Kier alpha value is -0.580. The Labute approximate surface area is 134 Å². The predicted octanol–water partition coefficient (Wildman–Crippen LogP) is 1.33. The molecule has 3 rings (SSSR count). The van der Waals surface area contributed by atoms with Gasteiger partial charge in [0.1, 0.15) is 11.7 Å². The van der Waals surface area contributed by atoms with Gasteiger partial charge in [0.25, 0.3) is 0 Å². The summed E-state index contributed by atoms with van der Waals surface area (Å²) in [6, 6.07) is 0. The lowest BCUT2D eigenvalue weighted by molar-refractivity contribution is -0.144. The lowest BCUT2D eigenvalue weighted by Gasteiger charge is -2.45. The predicted molar refractivity (Wildman–Crippen MR) is 84.1 cm³/mol. The summed E-state index contributed by atoms with van der Waals surface area (Å²) in [5.74, 6) is -0.438. The van der Waals surface area contributed by atoms with E-state index in [0.29, 0.717) is 13.0 Å². The van der Waals surface area contributed by atoms with E-state index in [9.17, 15) is 4.79 Å². The molecule has 1 saturated carbocycles. The molecule has 6 heteroatoms. The highest BCUT2D eigenvalue weighted by Gasteiger charge is 2.73. The van der Waals surface area contributed by atoms with E-state index < -0.39 is 22.5 Å². The normalized spacial score (nSPS) is 45.6. The van der Waals surface area contributed by atoms with Gasteiger partial charge in [-0.15, -0.1) is 0 Å². The Bertz CT molecular complexity index is 522. The molecule has 2 aliphatic heterocycles. The summed E-state index contributed by atoms with van der Waals surface area (Å²) in [7, 11) is 13.5. The number of carbonyl (C=O) groups excluding carboxylic acids is 1. The van der Waals surface area contributed by atoms with Gasteiger partial charge in [-0.3, -0.25) is 4.79 Å². The number of carbonyl (C=O) groups is 1. The van der Waals surface area contributed by atoms with Crippen LogP contribution >= 0.6 is 0 Å². The Morgan fingerprint density at radius 3 is 2.59 bits per heavy atom. The number of rotatable bonds is 4. The van der Waals surface area contributed by atoms with Crippen molar-refractivity contribution in [3.63, 3.8) is 0 Å². The van der Waals surface area contributed by atoms with E-state index in [1.165, 1.54) is 12.7 Å². The number of hydrogen-bond acceptors (Lipinski definition) is 4. The Kier molecular flexibility index (Phi) is 3.67. The minimum atomic E-state index is -1.39. The summed E-state index contributed by atoms with van der Waals surface area (Å²) < 4.78 is 17.2. The van der Waals surface area contributed by atoms with Crippen molar-refractivity contribution in [2.24, 2.45) is 5.92 Å². The highest BCUT2D eigenvalue weighted by atomic mass is 16.6. The van der Waals surface area contributed by atoms with Crippen molar-refractivity contribution in [3.8, 4) is 0 Å². The molecule has 2 heterocycles. The quantitative estimate of drug-likeness (QED) is 0.446. The monoisotopic (exact) mass is 300 g/mol. The number of ether oxygens (including phenoxy) is 3. The molecule has 3 aliphatic rings. The van der Waals surface area contributed by atoms with Crippen molar-refractivity contribution in [1.82, 2.24) is 0 Å². The molecular formula is C16H22B2O4. The fraction of sp³-hybridized carbons (Fsp3) is 0.812. The first-order chi connectivity index (χ1) is 10.2. The Morgan fingerprint density at radius 1 is 1.45 bits per heavy atom. The van der Waals surface area contributed by atoms with Gasteiger partial charge >= 0.3 is 0 Å². The zero-order chi connectivity index (χ0) is 16.3. The molecule has 1 aliphatic carbocycles. The number of methoxy groups -OCH3 is 1. The van der Waals surface area contributed by atoms with E-state index in [1.807, 2.05) is 6.92 Å². The van der Waals surface area contributed by atoms with Crippen molar-refractivity contribution in [2.75, 3.05) is 13.7 Å². The zero-order valence-electron chi connectivity index (χ0n) is 13.7. The van der Waals surface area contributed by atoms with Crippen LogP contribution in [0.5, 0.6) is 0 Å². The van der Waals surface area contributed by atoms with Crippen molar-refractivity contribution >= 4 is 21.5 Å². The maximum absolute atomic E-state index is 12.6. The first-order valence-electron chi connectivity index (χ1n) is 7.76. The lowest BCUT2D eigenvalue weighted by atomic mass is 9.43. The molecule has 5 atom stereocenters. The lowest BCUT2D eigenvalue weighted by Crippen LogP contribution is -2.58. The van der Waals surface area contributed by atoms with Crippen LogP contribution in [0.4, 0.5) is 0 Å². The van der Waals surface area contributed by atoms with Gasteiger partial charge in [0.05, 0.1) is 39.9 Å². The standard InChI is InChI=1S/C16H22B2O4/c1-9(2)5-6-10-14(3,22-10)12-11(20-4)13(19)16(17,18)7-15(12)8-21-15/h5,10-12H,6-8H2,1-4H3/t10-,11+,12-,14?,15+/m1/s1. The van der Waals surface area contributed by atoms with E-state index in [4.69, 9.17) is 29.9 Å². The number of ketones is 1. The molecule has 0 N–H and O–H groups in total. The maximum atomic E-state index is 12.6. The van der Waals surface area contributed by atoms with Gasteiger partial charge < -0.3 is 14.2 Å². The number of allylic oxidation sites excluding steroid dienone is 1. The van der Waals surface area contributed by atoms with E-state index in [0.717, 1.165) is 6.42 Å². The molecule has 4 radical (unpaired) electrons. The number of hydrogen-bond donors (Lipinski definition) is 0. The first-order valence-corrected chi connectivity index (χ1v) is 7.76. The molecular weight excluding hydrogens is 278 g/mol. The second-order valence-corrected chi connectivity index (χ2v) is 7.38. The topological polar surface area (TPSA) is 51.4 Å². The SMILES string of the molecule is [B]C1([B])C[C@]2(CO2)[C@@H](C2(C)O[C@@H]2CC=C(C)C)[C@H](OC)C1=O. The Morgan fingerprint density at radius 2 is 2.09 bits per heavy atom. The van der Waals surface area contributed by atoms with Crippen LogP contribution in [0.2, 0.25) is 5.21 Å². The Balaban J connectivity index is 1.86. The van der Waals surface area contributed by atoms with Crippen molar-refractivity contribution < 1.29 is 19.0 Å². The molecule has 4 nitrogen and oxygen atoms in total. The summed E-state index contributed by atoms with van der Waals surface area (Å²) in [5.41, 5.74) is 0.322. The van der Waals surface area contributed by atoms with Crippen LogP contribution in [-0.4, -0.2) is 58.6 Å². The average Bonchev–Trinajstić information content (AvgIpc) is 3.30. The molecule has 116 valence electrons. The summed E-state index contributed by atoms with van der Waals surface area (Å²) in [5, 5.41) is -1.39. The van der Waals surface area contributed by atoms with Gasteiger partial charge in [0.15, 0.2) is 5.78 Å². The van der Waals surface area contributed by atoms with Gasteiger partial charge in [-0.05, 0) is 38.8 Å². The molecule has 1 unspecified atom stereocenters. The summed E-state index contributed by atoms with van der Waals surface area (Å²) in [4.78, 5) is 12.6. The van der Waals surface area contributed by atoms with Crippen LogP contribution in [0.1, 0.15) is 33.6 Å². The second kappa shape index (κ2) is 4.96. The van der Waals surface area contributed by atoms with E-state index in [2.05, 4.69) is 19.9 Å². The van der Waals surface area contributed by atoms with Crippen LogP contribution in [-0.2, 0) is 19.0 Å². The number of epoxide rings is 2. The third kappa shape index (κ3) is 2.40. The fourth-order valence-corrected chi connectivity index (χ4v) is 4.00. The fourth-order valence-electron chi connectivity index (χ4n) is 4.00. The smallest absolute Gasteiger partial charge is 0.151 e. The third-order valence-electron chi connectivity index (χ3n) is 5.28. The maximum Gasteiger partial charge on any atom is 0.151 e. The molecule has 22 heavy (non-hydrogen) atoms. The highest BCUT2D eigenvalue weighted by Crippen LogP contribution is 2.61. The van der Waals surface area contributed by atoms with Gasteiger partial charge in [-0.1, -0.05) is 11.6 Å². The van der Waals surface area contributed by atoms with Gasteiger partial charge in [0.2, 0.25) is 0 Å². The molecule has 0 amide bonds. The van der Waals surface area contributed by atoms with Crippen molar-refractivity contribution in [1.29, 1.82) is 0 Å². The van der Waals surface area contributed by atoms with Crippen LogP contribution in [0.15, 0.2) is 11.6 Å². The average molecular weight is 300 g/mol. The minimum absolute atomic E-state index is 0.0713. The van der Waals surface area contributed by atoms with Crippen LogP contribution in [0.3, 0.4) is 0 Å². The van der Waals surface area contributed by atoms with Crippen LogP contribution < -0.4 is 0 Å². The summed E-state index contributed by atoms with van der Waals surface area (Å²) in [6.45, 7) is 6.70. The van der Waals surface area contributed by atoms with E-state index in [-0.39, 0.29) is 17.8 Å². The van der Waals surface area contributed by atoms with E-state index in [1.54, 1.807) is 0 Å². The first kappa shape index (κ1) is 16.3. The summed E-state index contributed by atoms with van der Waals surface area (Å²) >= 11 is 0. The molecule has 1 spiro atoms. The van der Waals surface area contributed by atoms with Crippen LogP contribution in [0, 0.1) is 5.92 Å². The minimum Gasteiger partial charge on any atom is -0.373 e. The van der Waals surface area contributed by atoms with Crippen LogP contribution in [0.25, 0.3) is 0 Å². The zero-order valence-corrected chi connectivity index (χ0v) is 13.7. The molecule has 3 fully saturated rings. The summed E-state index contributed by atoms with van der Waals surface area (Å²) in [6.07, 6.45) is 2.68. The van der Waals surface area contributed by atoms with Crippen molar-refractivity contribution in [3.05, 3.63) is 11.6 Å². The molecule has 0 aromatic carbocycles. The van der Waals surface area contributed by atoms with Gasteiger partial charge in [-0.25, -0.2) is 0 Å². The molecule has 0 aromatic rings. The highest BCUT2D eigenvalue weighted by molar-refractivity contribution is 6.51. The molecule has 0 aromatic heterocycles. The van der Waals surface area contributed by atoms with Gasteiger partial charge in [0, 0.05) is 7.11 Å². The van der Waals surface area contributed by atoms with Crippen molar-refractivity contribution in [2.45, 2.75) is 62.2 Å². The second-order valence-electron chi connectivity index (χ2n) is 7.38. The molecule has 2 saturated heterocycles. The third-order valence-corrected chi connectivity index (χ3v) is 5.28. The molecule has 0 bridgehead atoms. The van der Waals surface area contributed by atoms with Gasteiger partial charge in [-0.2, -0.15) is 0 Å². The van der Waals surface area contributed by atoms with E-state index >= 15 is 0 Å². The number of Topliss-reactive ketones (excluding diaryl/α,β-unsaturated/α-hetero) is 1. The largest absolute Gasteiger partial charge is 0.373 e.